The minimum absolute atomic E-state index is 0.133. The van der Waals surface area contributed by atoms with Gasteiger partial charge >= 0.3 is 6.09 Å². The maximum Gasteiger partial charge on any atom is 0.410 e. The summed E-state index contributed by atoms with van der Waals surface area (Å²) >= 11 is 6.10. The zero-order valence-corrected chi connectivity index (χ0v) is 16.7. The summed E-state index contributed by atoms with van der Waals surface area (Å²) in [5.74, 6) is 0.538. The molecule has 3 heterocycles. The molecular weight excluding hydrogens is 370 g/mol. The van der Waals surface area contributed by atoms with Gasteiger partial charge in [0.1, 0.15) is 16.3 Å². The van der Waals surface area contributed by atoms with Crippen molar-refractivity contribution in [2.75, 3.05) is 25.0 Å². The van der Waals surface area contributed by atoms with Crippen LogP contribution in [0.25, 0.3) is 11.0 Å². The normalized spacial score (nSPS) is 19.0. The molecule has 27 heavy (non-hydrogen) atoms. The number of nitrogens with zero attached hydrogens (tertiary/aromatic N) is 4. The van der Waals surface area contributed by atoms with Gasteiger partial charge in [0.15, 0.2) is 5.82 Å². The lowest BCUT2D eigenvalue weighted by atomic mass is 10.1. The van der Waals surface area contributed by atoms with E-state index in [1.54, 1.807) is 23.4 Å². The minimum Gasteiger partial charge on any atom is -0.444 e. The topological polar surface area (TPSA) is 89.5 Å². The van der Waals surface area contributed by atoms with E-state index in [0.717, 1.165) is 0 Å². The summed E-state index contributed by atoms with van der Waals surface area (Å²) in [5.41, 5.74) is 0.762. The second-order valence-corrected chi connectivity index (χ2v) is 7.87. The van der Waals surface area contributed by atoms with Gasteiger partial charge in [0.25, 0.3) is 0 Å². The van der Waals surface area contributed by atoms with Crippen LogP contribution in [-0.2, 0) is 9.47 Å². The predicted octanol–water partition coefficient (Wildman–Crippen LogP) is 3.11. The molecule has 1 aliphatic rings. The molecule has 8 nitrogen and oxygen atoms in total. The number of halogens is 1. The summed E-state index contributed by atoms with van der Waals surface area (Å²) in [7, 11) is 0. The first-order valence-corrected chi connectivity index (χ1v) is 9.24. The maximum atomic E-state index is 12.3. The van der Waals surface area contributed by atoms with Crippen molar-refractivity contribution in [2.45, 2.75) is 45.4 Å². The average molecular weight is 394 g/mol. The first kappa shape index (κ1) is 19.6. The van der Waals surface area contributed by atoms with Crippen molar-refractivity contribution in [2.24, 2.45) is 0 Å². The largest absolute Gasteiger partial charge is 0.444 e. The highest BCUT2D eigenvalue weighted by molar-refractivity contribution is 6.30. The zero-order valence-electron chi connectivity index (χ0n) is 15.9. The molecule has 2 aromatic rings. The highest BCUT2D eigenvalue weighted by atomic mass is 35.5. The molecule has 0 saturated carbocycles. The van der Waals surface area contributed by atoms with Crippen LogP contribution in [0.3, 0.4) is 0 Å². The van der Waals surface area contributed by atoms with Gasteiger partial charge < -0.3 is 19.7 Å². The number of carbonyl (C=O) groups is 1. The van der Waals surface area contributed by atoms with Gasteiger partial charge in [-0.1, -0.05) is 11.6 Å². The Morgan fingerprint density at radius 1 is 1.41 bits per heavy atom. The van der Waals surface area contributed by atoms with Crippen molar-refractivity contribution in [3.8, 4) is 0 Å². The number of amides is 1. The van der Waals surface area contributed by atoms with Crippen LogP contribution >= 0.6 is 11.6 Å². The van der Waals surface area contributed by atoms with E-state index in [1.165, 1.54) is 0 Å². The molecular formula is C18H24ClN5O3. The lowest BCUT2D eigenvalue weighted by Crippen LogP contribution is -2.52. The second-order valence-electron chi connectivity index (χ2n) is 7.49. The van der Waals surface area contributed by atoms with Crippen LogP contribution in [0.1, 0.15) is 27.7 Å². The van der Waals surface area contributed by atoms with Gasteiger partial charge in [-0.25, -0.2) is 14.8 Å². The van der Waals surface area contributed by atoms with E-state index in [4.69, 9.17) is 21.1 Å². The molecule has 0 bridgehead atoms. The molecule has 1 aliphatic heterocycles. The van der Waals surface area contributed by atoms with Crippen LogP contribution in [0, 0.1) is 0 Å². The smallest absolute Gasteiger partial charge is 0.410 e. The van der Waals surface area contributed by atoms with Crippen LogP contribution in [0.2, 0.25) is 5.15 Å². The molecule has 2 aromatic heterocycles. The number of ether oxygens (including phenoxy) is 2. The Morgan fingerprint density at radius 3 is 2.89 bits per heavy atom. The van der Waals surface area contributed by atoms with E-state index in [-0.39, 0.29) is 18.2 Å². The fourth-order valence-electron chi connectivity index (χ4n) is 2.82. The highest BCUT2D eigenvalue weighted by Crippen LogP contribution is 2.23. The number of rotatable bonds is 3. The van der Waals surface area contributed by atoms with Gasteiger partial charge in [-0.05, 0) is 27.7 Å². The third-order valence-electron chi connectivity index (χ3n) is 4.09. The van der Waals surface area contributed by atoms with Gasteiger partial charge in [-0.15, -0.1) is 0 Å². The van der Waals surface area contributed by atoms with Crippen molar-refractivity contribution in [3.63, 3.8) is 0 Å². The lowest BCUT2D eigenvalue weighted by molar-refractivity contribution is -0.0462. The SMILES string of the molecule is CC(Nc1nc(Cl)cc2nccnc12)[C@@H]1CN(C(=O)OC(C)(C)C)CCO1. The fourth-order valence-corrected chi connectivity index (χ4v) is 3.01. The number of nitrogens with one attached hydrogen (secondary N) is 1. The Labute approximate surface area is 163 Å². The summed E-state index contributed by atoms with van der Waals surface area (Å²) in [4.78, 5) is 26.9. The van der Waals surface area contributed by atoms with E-state index in [9.17, 15) is 4.79 Å². The molecule has 1 unspecified atom stereocenters. The maximum absolute atomic E-state index is 12.3. The molecule has 1 fully saturated rings. The first-order chi connectivity index (χ1) is 12.7. The Morgan fingerprint density at radius 2 is 2.15 bits per heavy atom. The standard InChI is InChI=1S/C18H24ClN5O3/c1-11(13-10-24(7-8-26-13)17(25)27-18(2,3)4)22-16-15-12(9-14(19)23-16)20-5-6-21-15/h5-6,9,11,13H,7-8,10H2,1-4H3,(H,22,23)/t11?,13-/m0/s1. The Bertz CT molecular complexity index is 826. The number of morpholine rings is 1. The monoisotopic (exact) mass is 393 g/mol. The third kappa shape index (κ3) is 4.95. The Hall–Kier alpha value is -2.19. The molecule has 0 aliphatic carbocycles. The number of aromatic nitrogens is 3. The van der Waals surface area contributed by atoms with E-state index in [2.05, 4.69) is 20.3 Å². The van der Waals surface area contributed by atoms with Gasteiger partial charge in [0.05, 0.1) is 30.8 Å². The Kier molecular flexibility index (Phi) is 5.67. The highest BCUT2D eigenvalue weighted by Gasteiger charge is 2.31. The molecule has 2 atom stereocenters. The minimum atomic E-state index is -0.531. The summed E-state index contributed by atoms with van der Waals surface area (Å²) in [5, 5.41) is 3.63. The van der Waals surface area contributed by atoms with Crippen molar-refractivity contribution >= 4 is 34.5 Å². The van der Waals surface area contributed by atoms with Crippen molar-refractivity contribution < 1.29 is 14.3 Å². The summed E-state index contributed by atoms with van der Waals surface area (Å²) in [6, 6.07) is 1.53. The number of pyridine rings is 1. The van der Waals surface area contributed by atoms with Crippen molar-refractivity contribution in [1.29, 1.82) is 0 Å². The molecule has 3 rings (SSSR count). The molecule has 1 amide bonds. The van der Waals surface area contributed by atoms with Gasteiger partial charge in [-0.3, -0.25) is 4.98 Å². The van der Waals surface area contributed by atoms with E-state index in [0.29, 0.717) is 41.7 Å². The molecule has 146 valence electrons. The second kappa shape index (κ2) is 7.82. The predicted molar refractivity (Wildman–Crippen MR) is 103 cm³/mol. The van der Waals surface area contributed by atoms with Crippen molar-refractivity contribution in [3.05, 3.63) is 23.6 Å². The van der Waals surface area contributed by atoms with Gasteiger partial charge in [0.2, 0.25) is 0 Å². The molecule has 0 radical (unpaired) electrons. The summed E-state index contributed by atoms with van der Waals surface area (Å²) in [6.45, 7) is 8.89. The number of anilines is 1. The van der Waals surface area contributed by atoms with Crippen LogP contribution in [0.5, 0.6) is 0 Å². The van der Waals surface area contributed by atoms with Crippen molar-refractivity contribution in [1.82, 2.24) is 19.9 Å². The van der Waals surface area contributed by atoms with Gasteiger partial charge in [0, 0.05) is 25.0 Å². The van der Waals surface area contributed by atoms with Gasteiger partial charge in [-0.2, -0.15) is 0 Å². The van der Waals surface area contributed by atoms with Crippen LogP contribution in [0.15, 0.2) is 18.5 Å². The number of hydrogen-bond donors (Lipinski definition) is 1. The molecule has 0 aromatic carbocycles. The number of carbonyl (C=O) groups excluding carboxylic acids is 1. The molecule has 0 spiro atoms. The zero-order chi connectivity index (χ0) is 19.6. The van der Waals surface area contributed by atoms with Crippen LogP contribution in [0.4, 0.5) is 10.6 Å². The van der Waals surface area contributed by atoms with Crippen LogP contribution in [-0.4, -0.2) is 63.4 Å². The summed E-state index contributed by atoms with van der Waals surface area (Å²) < 4.78 is 11.3. The fraction of sp³-hybridized carbons (Fsp3) is 0.556. The molecule has 1 saturated heterocycles. The lowest BCUT2D eigenvalue weighted by Gasteiger charge is -2.36. The van der Waals surface area contributed by atoms with Crippen LogP contribution < -0.4 is 5.32 Å². The number of fused-ring (bicyclic) bond motifs is 1. The first-order valence-electron chi connectivity index (χ1n) is 8.86. The number of hydrogen-bond acceptors (Lipinski definition) is 7. The van der Waals surface area contributed by atoms with E-state index < -0.39 is 5.60 Å². The van der Waals surface area contributed by atoms with E-state index >= 15 is 0 Å². The Balaban J connectivity index is 1.71. The van der Waals surface area contributed by atoms with E-state index in [1.807, 2.05) is 27.7 Å². The average Bonchev–Trinajstić information content (AvgIpc) is 2.60. The third-order valence-corrected chi connectivity index (χ3v) is 4.29. The summed E-state index contributed by atoms with van der Waals surface area (Å²) in [6.07, 6.45) is 2.66. The quantitative estimate of drug-likeness (QED) is 0.801. The molecule has 9 heteroatoms. The molecule has 1 N–H and O–H groups in total.